The van der Waals surface area contributed by atoms with E-state index in [1.54, 1.807) is 36.1 Å². The van der Waals surface area contributed by atoms with Gasteiger partial charge < -0.3 is 9.84 Å². The van der Waals surface area contributed by atoms with Gasteiger partial charge in [0, 0.05) is 11.8 Å². The van der Waals surface area contributed by atoms with E-state index in [9.17, 15) is 4.79 Å². The lowest BCUT2D eigenvalue weighted by Gasteiger charge is -2.04. The number of carbonyl (C=O) groups is 1. The predicted octanol–water partition coefficient (Wildman–Crippen LogP) is 1.82. The van der Waals surface area contributed by atoms with Crippen LogP contribution in [0.15, 0.2) is 47.5 Å². The molecule has 0 bridgehead atoms. The molecular weight excluding hydrogens is 258 g/mol. The number of amides is 1. The van der Waals surface area contributed by atoms with E-state index in [1.165, 1.54) is 6.33 Å². The van der Waals surface area contributed by atoms with Gasteiger partial charge in [0.25, 0.3) is 5.91 Å². The van der Waals surface area contributed by atoms with Crippen molar-refractivity contribution in [3.63, 3.8) is 0 Å². The number of hydrogen-bond acceptors (Lipinski definition) is 5. The van der Waals surface area contributed by atoms with E-state index in [0.29, 0.717) is 11.4 Å². The van der Waals surface area contributed by atoms with Crippen LogP contribution in [0.1, 0.15) is 16.2 Å². The topological polar surface area (TPSA) is 85.8 Å². The summed E-state index contributed by atoms with van der Waals surface area (Å²) in [5.74, 6) is 0.284. The highest BCUT2D eigenvalue weighted by molar-refractivity contribution is 6.02. The van der Waals surface area contributed by atoms with Gasteiger partial charge in [0.1, 0.15) is 18.4 Å². The van der Waals surface area contributed by atoms with Crippen molar-refractivity contribution in [1.82, 2.24) is 19.9 Å². The second-order valence-corrected chi connectivity index (χ2v) is 4.16. The Labute approximate surface area is 114 Å². The number of carbonyl (C=O) groups excluding carboxylic acids is 1. The Balaban J connectivity index is 1.74. The fourth-order valence-electron chi connectivity index (χ4n) is 1.71. The lowest BCUT2D eigenvalue weighted by Crippen LogP contribution is -2.12. The Kier molecular flexibility index (Phi) is 3.00. The fraction of sp³-hybridized carbons (Fsp3) is 0.0769. The third kappa shape index (κ3) is 2.41. The number of aryl methyl sites for hydroxylation is 1. The molecule has 1 amide bonds. The van der Waals surface area contributed by atoms with Gasteiger partial charge in [-0.05, 0) is 31.2 Å². The van der Waals surface area contributed by atoms with Crippen LogP contribution in [0.2, 0.25) is 0 Å². The number of rotatable bonds is 3. The molecule has 3 aromatic rings. The fourth-order valence-corrected chi connectivity index (χ4v) is 1.71. The van der Waals surface area contributed by atoms with Gasteiger partial charge in [-0.2, -0.15) is 5.10 Å². The van der Waals surface area contributed by atoms with Crippen molar-refractivity contribution >= 4 is 11.6 Å². The summed E-state index contributed by atoms with van der Waals surface area (Å²) in [5, 5.41) is 10.4. The zero-order chi connectivity index (χ0) is 13.9. The third-order valence-electron chi connectivity index (χ3n) is 2.67. The van der Waals surface area contributed by atoms with Crippen molar-refractivity contribution in [2.75, 3.05) is 5.32 Å². The SMILES string of the molecule is Cc1cc(C(=O)Nc2ccc(-n3cncn3)cc2)no1. The van der Waals surface area contributed by atoms with E-state index >= 15 is 0 Å². The molecule has 7 heteroatoms. The second kappa shape index (κ2) is 4.96. The highest BCUT2D eigenvalue weighted by Crippen LogP contribution is 2.13. The molecule has 3 rings (SSSR count). The van der Waals surface area contributed by atoms with Gasteiger partial charge in [0.05, 0.1) is 5.69 Å². The minimum absolute atomic E-state index is 0.253. The monoisotopic (exact) mass is 269 g/mol. The van der Waals surface area contributed by atoms with Gasteiger partial charge in [-0.1, -0.05) is 5.16 Å². The first kappa shape index (κ1) is 12.1. The van der Waals surface area contributed by atoms with Crippen LogP contribution in [-0.4, -0.2) is 25.8 Å². The molecular formula is C13H11N5O2. The van der Waals surface area contributed by atoms with Crippen LogP contribution in [0, 0.1) is 6.92 Å². The maximum absolute atomic E-state index is 11.9. The standard InChI is InChI=1S/C13H11N5O2/c1-9-6-12(17-20-9)13(19)16-10-2-4-11(5-3-10)18-8-14-7-15-18/h2-8H,1H3,(H,16,19). The molecule has 0 fully saturated rings. The number of aromatic nitrogens is 4. The molecule has 1 N–H and O–H groups in total. The average Bonchev–Trinajstić information content (AvgIpc) is 3.10. The quantitative estimate of drug-likeness (QED) is 0.783. The lowest BCUT2D eigenvalue weighted by atomic mass is 10.2. The molecule has 0 spiro atoms. The van der Waals surface area contributed by atoms with Crippen molar-refractivity contribution in [2.45, 2.75) is 6.92 Å². The van der Waals surface area contributed by atoms with Gasteiger partial charge in [-0.25, -0.2) is 9.67 Å². The van der Waals surface area contributed by atoms with Crippen LogP contribution in [0.25, 0.3) is 5.69 Å². The molecule has 7 nitrogen and oxygen atoms in total. The second-order valence-electron chi connectivity index (χ2n) is 4.16. The molecule has 2 aromatic heterocycles. The van der Waals surface area contributed by atoms with Crippen LogP contribution in [0.3, 0.4) is 0 Å². The van der Waals surface area contributed by atoms with E-state index in [0.717, 1.165) is 5.69 Å². The Hall–Kier alpha value is -2.96. The maximum Gasteiger partial charge on any atom is 0.277 e. The first-order valence-electron chi connectivity index (χ1n) is 5.92. The third-order valence-corrected chi connectivity index (χ3v) is 2.67. The average molecular weight is 269 g/mol. The van der Waals surface area contributed by atoms with Gasteiger partial charge in [-0.3, -0.25) is 4.79 Å². The summed E-state index contributed by atoms with van der Waals surface area (Å²) in [5.41, 5.74) is 1.78. The summed E-state index contributed by atoms with van der Waals surface area (Å²) < 4.78 is 6.49. The van der Waals surface area contributed by atoms with Crippen LogP contribution in [0.4, 0.5) is 5.69 Å². The Bertz CT molecular complexity index is 716. The normalized spacial score (nSPS) is 10.4. The van der Waals surface area contributed by atoms with Crippen molar-refractivity contribution in [2.24, 2.45) is 0 Å². The van der Waals surface area contributed by atoms with Crippen molar-refractivity contribution in [3.05, 3.63) is 54.4 Å². The van der Waals surface area contributed by atoms with Crippen LogP contribution < -0.4 is 5.32 Å². The summed E-state index contributed by atoms with van der Waals surface area (Å²) in [6, 6.07) is 8.81. The zero-order valence-electron chi connectivity index (χ0n) is 10.6. The van der Waals surface area contributed by atoms with Crippen LogP contribution in [0.5, 0.6) is 0 Å². The van der Waals surface area contributed by atoms with E-state index in [-0.39, 0.29) is 11.6 Å². The highest BCUT2D eigenvalue weighted by Gasteiger charge is 2.10. The summed E-state index contributed by atoms with van der Waals surface area (Å²) in [6.45, 7) is 1.73. The predicted molar refractivity (Wildman–Crippen MR) is 70.6 cm³/mol. The van der Waals surface area contributed by atoms with Gasteiger partial charge in [0.2, 0.25) is 0 Å². The molecule has 0 aliphatic carbocycles. The van der Waals surface area contributed by atoms with Gasteiger partial charge in [0.15, 0.2) is 5.69 Å². The summed E-state index contributed by atoms with van der Waals surface area (Å²) in [7, 11) is 0. The molecule has 1 aromatic carbocycles. The lowest BCUT2D eigenvalue weighted by molar-refractivity contribution is 0.101. The number of anilines is 1. The van der Waals surface area contributed by atoms with Crippen molar-refractivity contribution < 1.29 is 9.32 Å². The number of hydrogen-bond donors (Lipinski definition) is 1. The Morgan fingerprint density at radius 3 is 2.70 bits per heavy atom. The van der Waals surface area contributed by atoms with Crippen LogP contribution >= 0.6 is 0 Å². The largest absolute Gasteiger partial charge is 0.361 e. The Morgan fingerprint density at radius 1 is 1.30 bits per heavy atom. The first-order valence-corrected chi connectivity index (χ1v) is 5.92. The first-order chi connectivity index (χ1) is 9.72. The summed E-state index contributed by atoms with van der Waals surface area (Å²) in [4.78, 5) is 15.8. The molecule has 0 atom stereocenters. The molecule has 2 heterocycles. The molecule has 0 saturated heterocycles. The van der Waals surface area contributed by atoms with E-state index < -0.39 is 0 Å². The number of nitrogens with one attached hydrogen (secondary N) is 1. The molecule has 0 aliphatic heterocycles. The summed E-state index contributed by atoms with van der Waals surface area (Å²) >= 11 is 0. The maximum atomic E-state index is 11.9. The minimum Gasteiger partial charge on any atom is -0.361 e. The number of benzene rings is 1. The molecule has 0 unspecified atom stereocenters. The number of nitrogens with zero attached hydrogens (tertiary/aromatic N) is 4. The Morgan fingerprint density at radius 2 is 2.10 bits per heavy atom. The van der Waals surface area contributed by atoms with Gasteiger partial charge >= 0.3 is 0 Å². The highest BCUT2D eigenvalue weighted by atomic mass is 16.5. The van der Waals surface area contributed by atoms with E-state index in [1.807, 2.05) is 12.1 Å². The molecule has 100 valence electrons. The molecule has 0 aliphatic rings. The minimum atomic E-state index is -0.310. The van der Waals surface area contributed by atoms with E-state index in [2.05, 4.69) is 20.6 Å². The molecule has 20 heavy (non-hydrogen) atoms. The molecule has 0 radical (unpaired) electrons. The zero-order valence-corrected chi connectivity index (χ0v) is 10.6. The summed E-state index contributed by atoms with van der Waals surface area (Å²) in [6.07, 6.45) is 3.06. The van der Waals surface area contributed by atoms with E-state index in [4.69, 9.17) is 4.52 Å². The molecule has 0 saturated carbocycles. The van der Waals surface area contributed by atoms with Crippen LogP contribution in [-0.2, 0) is 0 Å². The smallest absolute Gasteiger partial charge is 0.277 e. The van der Waals surface area contributed by atoms with Crippen molar-refractivity contribution in [3.8, 4) is 5.69 Å². The van der Waals surface area contributed by atoms with Gasteiger partial charge in [-0.15, -0.1) is 0 Å². The van der Waals surface area contributed by atoms with Crippen molar-refractivity contribution in [1.29, 1.82) is 0 Å².